The second-order valence-electron chi connectivity index (χ2n) is 12.5. The molecule has 3 heterocycles. The lowest BCUT2D eigenvalue weighted by Crippen LogP contribution is -2.60. The maximum atomic E-state index is 13.9. The molecule has 6 rings (SSSR count). The Balaban J connectivity index is 1.18. The second-order valence-corrected chi connectivity index (χ2v) is 15.4. The van der Waals surface area contributed by atoms with E-state index >= 15 is 0 Å². The molecule has 276 valence electrons. The van der Waals surface area contributed by atoms with E-state index in [9.17, 15) is 31.2 Å². The van der Waals surface area contributed by atoms with Crippen molar-refractivity contribution in [2.45, 2.75) is 63.2 Å². The topological polar surface area (TPSA) is 121 Å². The van der Waals surface area contributed by atoms with Gasteiger partial charge in [0.05, 0.1) is 17.1 Å². The Morgan fingerprint density at radius 3 is 2.35 bits per heavy atom. The first-order chi connectivity index (χ1) is 24.9. The number of rotatable bonds is 11. The molecule has 1 N–H and O–H groups in total. The average molecular weight is 758 g/mol. The van der Waals surface area contributed by atoms with Crippen LogP contribution in [0.15, 0.2) is 83.8 Å². The molecule has 1 aromatic heterocycles. The number of piperazine rings is 1. The minimum absolute atomic E-state index is 0.0228. The van der Waals surface area contributed by atoms with Crippen LogP contribution >= 0.6 is 11.3 Å². The fraction of sp³-hybridized carbons (Fsp3) is 0.361. The summed E-state index contributed by atoms with van der Waals surface area (Å²) in [5.41, 5.74) is 3.72. The molecule has 0 bridgehead atoms. The molecule has 11 nitrogen and oxygen atoms in total. The normalized spacial score (nSPS) is 16.7. The molecule has 0 saturated carbocycles. The van der Waals surface area contributed by atoms with Crippen molar-refractivity contribution in [1.82, 2.24) is 19.5 Å². The number of fused-ring (bicyclic) bond motifs is 1. The number of carbonyl (C=O) groups is 2. The Bertz CT molecular complexity index is 1960. The van der Waals surface area contributed by atoms with E-state index in [4.69, 9.17) is 9.72 Å². The Hall–Kier alpha value is -4.67. The number of nitrogens with zero attached hydrogens (tertiary/aromatic N) is 4. The molecule has 0 spiro atoms. The fourth-order valence-corrected chi connectivity index (χ4v) is 8.82. The smallest absolute Gasteiger partial charge is 0.445 e. The number of benzene rings is 3. The quantitative estimate of drug-likeness (QED) is 0.201. The van der Waals surface area contributed by atoms with Gasteiger partial charge >= 0.3 is 12.5 Å². The lowest BCUT2D eigenvalue weighted by molar-refractivity contribution is -0.274. The van der Waals surface area contributed by atoms with Crippen LogP contribution in [0.3, 0.4) is 0 Å². The Morgan fingerprint density at radius 2 is 1.65 bits per heavy atom. The molecular formula is C36H38F3N5O6S2. The van der Waals surface area contributed by atoms with Crippen LogP contribution in [0.4, 0.5) is 23.1 Å². The number of alkyl halides is 3. The highest BCUT2D eigenvalue weighted by Crippen LogP contribution is 2.34. The number of aryl methyl sites for hydroxylation is 1. The maximum Gasteiger partial charge on any atom is 0.573 e. The summed E-state index contributed by atoms with van der Waals surface area (Å²) in [4.78, 5) is 35.6. The third kappa shape index (κ3) is 9.03. The van der Waals surface area contributed by atoms with Crippen molar-refractivity contribution in [2.24, 2.45) is 0 Å². The zero-order valence-corrected chi connectivity index (χ0v) is 30.0. The molecule has 16 heteroatoms. The molecule has 4 aromatic rings. The predicted octanol–water partition coefficient (Wildman–Crippen LogP) is 5.89. The van der Waals surface area contributed by atoms with Crippen LogP contribution in [-0.2, 0) is 52.1 Å². The molecule has 1 atom stereocenters. The lowest BCUT2D eigenvalue weighted by Gasteiger charge is -2.39. The molecule has 0 radical (unpaired) electrons. The van der Waals surface area contributed by atoms with Crippen molar-refractivity contribution < 1.29 is 40.7 Å². The van der Waals surface area contributed by atoms with E-state index < -0.39 is 40.2 Å². The van der Waals surface area contributed by atoms with Gasteiger partial charge in [-0.15, -0.1) is 13.2 Å². The predicted molar refractivity (Wildman–Crippen MR) is 188 cm³/mol. The van der Waals surface area contributed by atoms with Gasteiger partial charge in [-0.2, -0.15) is 4.31 Å². The number of thiazole rings is 1. The van der Waals surface area contributed by atoms with Gasteiger partial charge in [0.25, 0.3) is 0 Å². The summed E-state index contributed by atoms with van der Waals surface area (Å²) in [5, 5.41) is 3.48. The van der Waals surface area contributed by atoms with E-state index in [1.807, 2.05) is 59.5 Å². The molecule has 1 fully saturated rings. The summed E-state index contributed by atoms with van der Waals surface area (Å²) in [7, 11) is -4.33. The largest absolute Gasteiger partial charge is 0.573 e. The average Bonchev–Trinajstić information content (AvgIpc) is 3.57. The molecule has 1 saturated heterocycles. The van der Waals surface area contributed by atoms with Crippen LogP contribution in [0.2, 0.25) is 0 Å². The van der Waals surface area contributed by atoms with Crippen LogP contribution in [0, 0.1) is 0 Å². The number of ether oxygens (including phenoxy) is 2. The van der Waals surface area contributed by atoms with Gasteiger partial charge in [0.15, 0.2) is 5.13 Å². The number of nitrogens with one attached hydrogen (secondary N) is 1. The monoisotopic (exact) mass is 757 g/mol. The first-order valence-electron chi connectivity index (χ1n) is 16.8. The van der Waals surface area contributed by atoms with Crippen LogP contribution < -0.4 is 15.0 Å². The molecule has 2 aliphatic rings. The fourth-order valence-electron chi connectivity index (χ4n) is 6.09. The van der Waals surface area contributed by atoms with Crippen molar-refractivity contribution in [2.75, 3.05) is 31.1 Å². The maximum absolute atomic E-state index is 13.9. The summed E-state index contributed by atoms with van der Waals surface area (Å²) in [6.07, 6.45) is -2.93. The van der Waals surface area contributed by atoms with Crippen molar-refractivity contribution in [3.63, 3.8) is 0 Å². The van der Waals surface area contributed by atoms with E-state index in [0.717, 1.165) is 63.1 Å². The van der Waals surface area contributed by atoms with Gasteiger partial charge in [-0.25, -0.2) is 18.2 Å². The van der Waals surface area contributed by atoms with Crippen LogP contribution in [0.1, 0.15) is 40.6 Å². The third-order valence-electron chi connectivity index (χ3n) is 8.78. The molecule has 0 aliphatic carbocycles. The van der Waals surface area contributed by atoms with Gasteiger partial charge in [-0.05, 0) is 47.4 Å². The number of sulfonamides is 1. The zero-order valence-electron chi connectivity index (χ0n) is 28.3. The van der Waals surface area contributed by atoms with E-state index in [1.165, 1.54) is 16.9 Å². The first-order valence-corrected chi connectivity index (χ1v) is 19.1. The van der Waals surface area contributed by atoms with Gasteiger partial charge in [0.1, 0.15) is 18.4 Å². The molecular weight excluding hydrogens is 720 g/mol. The van der Waals surface area contributed by atoms with Crippen molar-refractivity contribution in [1.29, 1.82) is 0 Å². The highest BCUT2D eigenvalue weighted by atomic mass is 32.2. The Kier molecular flexibility index (Phi) is 11.4. The van der Waals surface area contributed by atoms with Crippen molar-refractivity contribution >= 4 is 38.5 Å². The van der Waals surface area contributed by atoms with Crippen LogP contribution in [-0.4, -0.2) is 73.2 Å². The third-order valence-corrected chi connectivity index (χ3v) is 11.8. The summed E-state index contributed by atoms with van der Waals surface area (Å²) < 4.78 is 76.5. The van der Waals surface area contributed by atoms with Gasteiger partial charge in [-0.1, -0.05) is 79.3 Å². The summed E-state index contributed by atoms with van der Waals surface area (Å²) in [6.45, 7) is 3.24. The summed E-state index contributed by atoms with van der Waals surface area (Å²) in [5.74, 6) is -1.09. The molecule has 52 heavy (non-hydrogen) atoms. The second kappa shape index (κ2) is 15.9. The van der Waals surface area contributed by atoms with Gasteiger partial charge < -0.3 is 24.6 Å². The summed E-state index contributed by atoms with van der Waals surface area (Å²) >= 11 is 1.38. The number of halogens is 3. The van der Waals surface area contributed by atoms with E-state index in [-0.39, 0.29) is 37.7 Å². The zero-order chi connectivity index (χ0) is 36.9. The Morgan fingerprint density at radius 1 is 0.942 bits per heavy atom. The van der Waals surface area contributed by atoms with Gasteiger partial charge in [0.2, 0.25) is 15.9 Å². The van der Waals surface area contributed by atoms with Crippen LogP contribution in [0.25, 0.3) is 0 Å². The molecule has 0 unspecified atom stereocenters. The first kappa shape index (κ1) is 37.1. The standard InChI is InChI=1S/C36H38F3N5O6S2/c1-2-6-25-9-11-26(12-10-25)21-40-33(45)31-22-42(19-20-44(31)52(47,48)29-15-13-28(14-16-29)50-36(37,38)39)34-41-30-17-18-43(23-32(30)51-34)35(46)49-24-27-7-4-3-5-8-27/h3-5,7-16,31H,2,6,17-24H2,1H3,(H,40,45)/t31-/m1/s1. The molecule has 2 aliphatic heterocycles. The van der Waals surface area contributed by atoms with E-state index in [1.54, 1.807) is 4.90 Å². The van der Waals surface area contributed by atoms with Gasteiger partial charge in [0, 0.05) is 44.0 Å². The van der Waals surface area contributed by atoms with Crippen LogP contribution in [0.5, 0.6) is 5.75 Å². The number of carbonyl (C=O) groups excluding carboxylic acids is 2. The number of hydrogen-bond donors (Lipinski definition) is 1. The minimum Gasteiger partial charge on any atom is -0.445 e. The van der Waals surface area contributed by atoms with Crippen molar-refractivity contribution in [3.8, 4) is 5.75 Å². The lowest BCUT2D eigenvalue weighted by atomic mass is 10.1. The SMILES string of the molecule is CCCc1ccc(CNC(=O)[C@H]2CN(c3nc4c(s3)CN(C(=O)OCc3ccccc3)CC4)CCN2S(=O)(=O)c2ccc(OC(F)(F)F)cc2)cc1. The van der Waals surface area contributed by atoms with Crippen molar-refractivity contribution in [3.05, 3.63) is 106 Å². The number of aromatic nitrogens is 1. The number of hydrogen-bond acceptors (Lipinski definition) is 9. The molecule has 2 amide bonds. The number of anilines is 1. The van der Waals surface area contributed by atoms with Gasteiger partial charge in [-0.3, -0.25) is 4.79 Å². The number of amides is 2. The summed E-state index contributed by atoms with van der Waals surface area (Å²) in [6, 6.07) is 19.9. The highest BCUT2D eigenvalue weighted by molar-refractivity contribution is 7.89. The Labute approximate surface area is 304 Å². The minimum atomic E-state index is -4.94. The van der Waals surface area contributed by atoms with E-state index in [0.29, 0.717) is 24.6 Å². The molecule has 3 aromatic carbocycles. The van der Waals surface area contributed by atoms with E-state index in [2.05, 4.69) is 17.0 Å². The highest BCUT2D eigenvalue weighted by Gasteiger charge is 2.41.